The number of rotatable bonds is 2. The molecule has 5 nitrogen and oxygen atoms in total. The molecule has 1 fully saturated rings. The number of benzene rings is 1. The minimum Gasteiger partial charge on any atom is -0.372 e. The molecule has 6 heteroatoms. The second-order valence-electron chi connectivity index (χ2n) is 5.65. The average Bonchev–Trinajstić information content (AvgIpc) is 2.37. The number of urea groups is 1. The number of hydrogen-bond acceptors (Lipinski definition) is 3. The Hall–Kier alpha value is -1.82. The fourth-order valence-corrected chi connectivity index (χ4v) is 2.45. The van der Waals surface area contributed by atoms with Gasteiger partial charge in [-0.25, -0.2) is 9.18 Å². The third-order valence-corrected chi connectivity index (χ3v) is 3.37. The SMILES string of the molecule is C[C@H]1CN(c2ccc(NC(=O)N(C)C)cc2F)C[C@H](C)O1. The van der Waals surface area contributed by atoms with Crippen molar-refractivity contribution < 1.29 is 13.9 Å². The molecule has 0 saturated carbocycles. The maximum Gasteiger partial charge on any atom is 0.321 e. The summed E-state index contributed by atoms with van der Waals surface area (Å²) in [6.07, 6.45) is 0.141. The summed E-state index contributed by atoms with van der Waals surface area (Å²) in [7, 11) is 3.27. The first-order chi connectivity index (χ1) is 9.86. The Labute approximate surface area is 124 Å². The lowest BCUT2D eigenvalue weighted by atomic mass is 10.2. The summed E-state index contributed by atoms with van der Waals surface area (Å²) in [5, 5.41) is 2.63. The van der Waals surface area contributed by atoms with Gasteiger partial charge < -0.3 is 19.9 Å². The summed E-state index contributed by atoms with van der Waals surface area (Å²) in [6.45, 7) is 5.27. The van der Waals surface area contributed by atoms with Crippen LogP contribution in [-0.4, -0.2) is 50.3 Å². The van der Waals surface area contributed by atoms with Crippen LogP contribution in [0.5, 0.6) is 0 Å². The highest BCUT2D eigenvalue weighted by Crippen LogP contribution is 2.26. The van der Waals surface area contributed by atoms with E-state index < -0.39 is 0 Å². The molecule has 0 aliphatic carbocycles. The fraction of sp³-hybridized carbons (Fsp3) is 0.533. The molecule has 116 valence electrons. The molecule has 0 spiro atoms. The molecule has 1 aromatic carbocycles. The Morgan fingerprint density at radius 3 is 2.48 bits per heavy atom. The molecule has 0 bridgehead atoms. The zero-order valence-corrected chi connectivity index (χ0v) is 12.9. The number of halogens is 1. The Kier molecular flexibility index (Phi) is 4.67. The number of hydrogen-bond donors (Lipinski definition) is 1. The van der Waals surface area contributed by atoms with Crippen molar-refractivity contribution in [1.29, 1.82) is 0 Å². The molecular weight excluding hydrogens is 273 g/mol. The normalized spacial score (nSPS) is 22.0. The number of carbonyl (C=O) groups is 1. The van der Waals surface area contributed by atoms with Gasteiger partial charge in [0.05, 0.1) is 17.9 Å². The zero-order valence-electron chi connectivity index (χ0n) is 12.9. The van der Waals surface area contributed by atoms with Crippen molar-refractivity contribution in [1.82, 2.24) is 4.90 Å². The van der Waals surface area contributed by atoms with Crippen molar-refractivity contribution in [2.75, 3.05) is 37.4 Å². The van der Waals surface area contributed by atoms with E-state index in [0.29, 0.717) is 24.5 Å². The van der Waals surface area contributed by atoms with Crippen molar-refractivity contribution in [3.05, 3.63) is 24.0 Å². The fourth-order valence-electron chi connectivity index (χ4n) is 2.45. The molecule has 2 atom stereocenters. The number of ether oxygens (including phenoxy) is 1. The van der Waals surface area contributed by atoms with E-state index in [1.807, 2.05) is 18.7 Å². The van der Waals surface area contributed by atoms with Gasteiger partial charge >= 0.3 is 6.03 Å². The van der Waals surface area contributed by atoms with Crippen molar-refractivity contribution in [2.45, 2.75) is 26.1 Å². The van der Waals surface area contributed by atoms with Gasteiger partial charge in [0.15, 0.2) is 0 Å². The Morgan fingerprint density at radius 1 is 1.33 bits per heavy atom. The molecule has 2 rings (SSSR count). The van der Waals surface area contributed by atoms with Crippen molar-refractivity contribution in [2.24, 2.45) is 0 Å². The Morgan fingerprint density at radius 2 is 1.95 bits per heavy atom. The molecule has 1 heterocycles. The third kappa shape index (κ3) is 3.85. The summed E-state index contributed by atoms with van der Waals surface area (Å²) >= 11 is 0. The van der Waals surface area contributed by atoms with Crippen LogP contribution >= 0.6 is 0 Å². The van der Waals surface area contributed by atoms with Crippen molar-refractivity contribution in [3.63, 3.8) is 0 Å². The molecule has 1 N–H and O–H groups in total. The van der Waals surface area contributed by atoms with Crippen LogP contribution in [-0.2, 0) is 4.74 Å². The zero-order chi connectivity index (χ0) is 15.6. The quantitative estimate of drug-likeness (QED) is 0.912. The van der Waals surface area contributed by atoms with Crippen LogP contribution < -0.4 is 10.2 Å². The standard InChI is InChI=1S/C15H22FN3O2/c1-10-8-19(9-11(2)21-10)14-6-5-12(7-13(14)16)17-15(20)18(3)4/h5-7,10-11H,8-9H2,1-4H3,(H,17,20)/t10-,11-/m0/s1. The first-order valence-electron chi connectivity index (χ1n) is 7.05. The third-order valence-electron chi connectivity index (χ3n) is 3.37. The highest BCUT2D eigenvalue weighted by atomic mass is 19.1. The lowest BCUT2D eigenvalue weighted by Gasteiger charge is -2.37. The number of carbonyl (C=O) groups excluding carboxylic acids is 1. The summed E-state index contributed by atoms with van der Waals surface area (Å²) in [5.41, 5.74) is 0.990. The van der Waals surface area contributed by atoms with Crippen LogP contribution in [0.4, 0.5) is 20.6 Å². The Bertz CT molecular complexity index is 512. The lowest BCUT2D eigenvalue weighted by molar-refractivity contribution is -0.00539. The summed E-state index contributed by atoms with van der Waals surface area (Å²) in [4.78, 5) is 14.9. The van der Waals surface area contributed by atoms with Crippen LogP contribution in [0.2, 0.25) is 0 Å². The highest BCUT2D eigenvalue weighted by molar-refractivity contribution is 5.89. The molecule has 1 saturated heterocycles. The molecule has 21 heavy (non-hydrogen) atoms. The number of nitrogens with one attached hydrogen (secondary N) is 1. The summed E-state index contributed by atoms with van der Waals surface area (Å²) in [5.74, 6) is -0.340. The van der Waals surface area contributed by atoms with Crippen LogP contribution in [0.15, 0.2) is 18.2 Å². The molecule has 1 aliphatic rings. The van der Waals surface area contributed by atoms with Crippen LogP contribution in [0.1, 0.15) is 13.8 Å². The number of morpholine rings is 1. The van der Waals surface area contributed by atoms with Crippen LogP contribution in [0, 0.1) is 5.82 Å². The van der Waals surface area contributed by atoms with E-state index >= 15 is 0 Å². The number of nitrogens with zero attached hydrogens (tertiary/aromatic N) is 2. The Balaban J connectivity index is 2.13. The predicted molar refractivity (Wildman–Crippen MR) is 81.3 cm³/mol. The molecule has 0 aromatic heterocycles. The van der Waals surface area contributed by atoms with E-state index in [1.165, 1.54) is 11.0 Å². The first kappa shape index (κ1) is 15.6. The van der Waals surface area contributed by atoms with Crippen molar-refractivity contribution >= 4 is 17.4 Å². The average molecular weight is 295 g/mol. The monoisotopic (exact) mass is 295 g/mol. The smallest absolute Gasteiger partial charge is 0.321 e. The number of amides is 2. The number of anilines is 2. The predicted octanol–water partition coefficient (Wildman–Crippen LogP) is 2.53. The van der Waals surface area contributed by atoms with E-state index in [4.69, 9.17) is 4.74 Å². The van der Waals surface area contributed by atoms with E-state index in [-0.39, 0.29) is 24.1 Å². The minimum atomic E-state index is -0.340. The second kappa shape index (κ2) is 6.30. The molecule has 0 radical (unpaired) electrons. The summed E-state index contributed by atoms with van der Waals surface area (Å²) < 4.78 is 19.9. The maximum absolute atomic E-state index is 14.3. The van der Waals surface area contributed by atoms with Crippen LogP contribution in [0.3, 0.4) is 0 Å². The van der Waals surface area contributed by atoms with Gasteiger partial charge in [-0.1, -0.05) is 0 Å². The van der Waals surface area contributed by atoms with Crippen LogP contribution in [0.25, 0.3) is 0 Å². The second-order valence-corrected chi connectivity index (χ2v) is 5.65. The van der Waals surface area contributed by atoms with Gasteiger partial charge in [-0.05, 0) is 32.0 Å². The first-order valence-corrected chi connectivity index (χ1v) is 7.05. The molecule has 0 unspecified atom stereocenters. The topological polar surface area (TPSA) is 44.8 Å². The van der Waals surface area contributed by atoms with E-state index in [2.05, 4.69) is 5.32 Å². The molecule has 1 aliphatic heterocycles. The maximum atomic E-state index is 14.3. The van der Waals surface area contributed by atoms with E-state index in [0.717, 1.165) is 0 Å². The lowest BCUT2D eigenvalue weighted by Crippen LogP contribution is -2.45. The van der Waals surface area contributed by atoms with E-state index in [9.17, 15) is 9.18 Å². The van der Waals surface area contributed by atoms with Gasteiger partial charge in [0.1, 0.15) is 5.82 Å². The van der Waals surface area contributed by atoms with Crippen molar-refractivity contribution in [3.8, 4) is 0 Å². The molecule has 1 aromatic rings. The van der Waals surface area contributed by atoms with Gasteiger partial charge in [0.2, 0.25) is 0 Å². The molecule has 2 amide bonds. The summed E-state index contributed by atoms with van der Waals surface area (Å²) in [6, 6.07) is 4.48. The largest absolute Gasteiger partial charge is 0.372 e. The van der Waals surface area contributed by atoms with Gasteiger partial charge in [-0.3, -0.25) is 0 Å². The van der Waals surface area contributed by atoms with E-state index in [1.54, 1.807) is 26.2 Å². The van der Waals surface area contributed by atoms with Gasteiger partial charge in [0, 0.05) is 32.9 Å². The minimum absolute atomic E-state index is 0.0706. The van der Waals surface area contributed by atoms with Gasteiger partial charge in [-0.15, -0.1) is 0 Å². The van der Waals surface area contributed by atoms with Gasteiger partial charge in [0.25, 0.3) is 0 Å². The molecular formula is C15H22FN3O2. The van der Waals surface area contributed by atoms with Gasteiger partial charge in [-0.2, -0.15) is 0 Å². The highest BCUT2D eigenvalue weighted by Gasteiger charge is 2.24.